The van der Waals surface area contributed by atoms with Crippen LogP contribution in [0.25, 0.3) is 0 Å². The van der Waals surface area contributed by atoms with Gasteiger partial charge in [0.25, 0.3) is 0 Å². The lowest BCUT2D eigenvalue weighted by Crippen LogP contribution is -2.29. The highest BCUT2D eigenvalue weighted by Gasteiger charge is 2.16. The molecule has 0 aromatic heterocycles. The minimum Gasteiger partial charge on any atom is -0.370 e. The highest BCUT2D eigenvalue weighted by Crippen LogP contribution is 2.31. The fraction of sp³-hybridized carbons (Fsp3) is 0.462. The molecule has 0 bridgehead atoms. The highest BCUT2D eigenvalue weighted by atomic mass is 35.5. The van der Waals surface area contributed by atoms with Crippen LogP contribution in [0.4, 0.5) is 10.1 Å². The zero-order valence-electron chi connectivity index (χ0n) is 9.55. The molecule has 0 unspecified atom stereocenters. The molecule has 2 rings (SSSR count). The van der Waals surface area contributed by atoms with Gasteiger partial charge in [-0.15, -0.1) is 0 Å². The Bertz CT molecular complexity index is 447. The Hall–Kier alpha value is -1.27. The molecule has 0 aliphatic carbocycles. The molecule has 0 N–H and O–H groups in total. The van der Waals surface area contributed by atoms with Crippen LogP contribution in [0.5, 0.6) is 0 Å². The summed E-state index contributed by atoms with van der Waals surface area (Å²) >= 11 is 6.07. The first kappa shape index (κ1) is 12.2. The van der Waals surface area contributed by atoms with Gasteiger partial charge in [-0.05, 0) is 31.4 Å². The first-order chi connectivity index (χ1) is 8.22. The van der Waals surface area contributed by atoms with Gasteiger partial charge >= 0.3 is 0 Å². The predicted molar refractivity (Wildman–Crippen MR) is 66.8 cm³/mol. The van der Waals surface area contributed by atoms with Gasteiger partial charge in [0.05, 0.1) is 23.2 Å². The first-order valence-corrected chi connectivity index (χ1v) is 6.20. The Morgan fingerprint density at radius 3 is 2.65 bits per heavy atom. The minimum atomic E-state index is -0.391. The van der Waals surface area contributed by atoms with Crippen molar-refractivity contribution in [3.63, 3.8) is 0 Å². The number of halogens is 2. The molecule has 1 saturated heterocycles. The van der Waals surface area contributed by atoms with E-state index in [1.54, 1.807) is 6.07 Å². The van der Waals surface area contributed by atoms with Crippen LogP contribution < -0.4 is 4.90 Å². The van der Waals surface area contributed by atoms with Crippen molar-refractivity contribution in [2.45, 2.75) is 25.7 Å². The number of rotatable bonds is 2. The third-order valence-corrected chi connectivity index (χ3v) is 3.38. The van der Waals surface area contributed by atoms with Crippen molar-refractivity contribution in [3.8, 4) is 6.07 Å². The number of hydrogen-bond donors (Lipinski definition) is 0. The van der Waals surface area contributed by atoms with Crippen LogP contribution in [0.1, 0.15) is 24.8 Å². The molecule has 0 atom stereocenters. The van der Waals surface area contributed by atoms with Gasteiger partial charge in [0.15, 0.2) is 0 Å². The Labute approximate surface area is 106 Å². The third-order valence-electron chi connectivity index (χ3n) is 3.08. The molecule has 1 aromatic rings. The van der Waals surface area contributed by atoms with Crippen LogP contribution in [-0.2, 0) is 6.42 Å². The van der Waals surface area contributed by atoms with E-state index in [4.69, 9.17) is 16.9 Å². The number of piperidine rings is 1. The molecular formula is C13H14ClFN2. The van der Waals surface area contributed by atoms with Gasteiger partial charge in [0.1, 0.15) is 5.82 Å². The second kappa shape index (κ2) is 5.37. The normalized spacial score (nSPS) is 15.7. The molecule has 0 saturated carbocycles. The summed E-state index contributed by atoms with van der Waals surface area (Å²) in [6, 6.07) is 5.00. The van der Waals surface area contributed by atoms with Crippen molar-refractivity contribution in [1.82, 2.24) is 0 Å². The van der Waals surface area contributed by atoms with Gasteiger partial charge in [-0.25, -0.2) is 4.39 Å². The van der Waals surface area contributed by atoms with E-state index in [0.717, 1.165) is 31.6 Å². The maximum absolute atomic E-state index is 13.5. The fourth-order valence-electron chi connectivity index (χ4n) is 2.18. The highest BCUT2D eigenvalue weighted by molar-refractivity contribution is 6.33. The molecule has 17 heavy (non-hydrogen) atoms. The largest absolute Gasteiger partial charge is 0.370 e. The molecule has 4 heteroatoms. The molecule has 1 aliphatic rings. The van der Waals surface area contributed by atoms with Crippen LogP contribution in [0.15, 0.2) is 12.1 Å². The standard InChI is InChI=1S/C13H14ClFN2/c14-11-9-12(15)10(4-5-16)8-13(11)17-6-2-1-3-7-17/h8-9H,1-4,6-7H2. The first-order valence-electron chi connectivity index (χ1n) is 5.82. The van der Waals surface area contributed by atoms with E-state index >= 15 is 0 Å². The van der Waals surface area contributed by atoms with Crippen LogP contribution in [0.3, 0.4) is 0 Å². The quantitative estimate of drug-likeness (QED) is 0.805. The van der Waals surface area contributed by atoms with E-state index in [0.29, 0.717) is 10.6 Å². The van der Waals surface area contributed by atoms with E-state index < -0.39 is 5.82 Å². The molecule has 90 valence electrons. The monoisotopic (exact) mass is 252 g/mol. The molecular weight excluding hydrogens is 239 g/mol. The topological polar surface area (TPSA) is 27.0 Å². The summed E-state index contributed by atoms with van der Waals surface area (Å²) in [6.07, 6.45) is 3.60. The Morgan fingerprint density at radius 2 is 2.00 bits per heavy atom. The smallest absolute Gasteiger partial charge is 0.129 e. The van der Waals surface area contributed by atoms with Gasteiger partial charge < -0.3 is 4.90 Å². The molecule has 1 aliphatic heterocycles. The third kappa shape index (κ3) is 2.70. The fourth-order valence-corrected chi connectivity index (χ4v) is 2.45. The number of anilines is 1. The number of hydrogen-bond acceptors (Lipinski definition) is 2. The zero-order valence-corrected chi connectivity index (χ0v) is 10.3. The average molecular weight is 253 g/mol. The number of benzene rings is 1. The summed E-state index contributed by atoms with van der Waals surface area (Å²) in [7, 11) is 0. The molecule has 1 heterocycles. The van der Waals surface area contributed by atoms with Crippen LogP contribution in [-0.4, -0.2) is 13.1 Å². The molecule has 0 spiro atoms. The van der Waals surface area contributed by atoms with E-state index in [1.165, 1.54) is 12.5 Å². The Balaban J connectivity index is 2.32. The van der Waals surface area contributed by atoms with E-state index in [9.17, 15) is 4.39 Å². The van der Waals surface area contributed by atoms with Crippen LogP contribution in [0.2, 0.25) is 5.02 Å². The van der Waals surface area contributed by atoms with Crippen molar-refractivity contribution in [1.29, 1.82) is 5.26 Å². The average Bonchev–Trinajstić information content (AvgIpc) is 2.34. The van der Waals surface area contributed by atoms with E-state index in [-0.39, 0.29) is 6.42 Å². The number of nitrogens with zero attached hydrogens (tertiary/aromatic N) is 2. The van der Waals surface area contributed by atoms with Gasteiger partial charge in [-0.3, -0.25) is 0 Å². The van der Waals surface area contributed by atoms with Crippen LogP contribution in [0, 0.1) is 17.1 Å². The predicted octanol–water partition coefficient (Wildman–Crippen LogP) is 3.54. The molecule has 0 amide bonds. The van der Waals surface area contributed by atoms with Gasteiger partial charge in [0, 0.05) is 18.7 Å². The lowest BCUT2D eigenvalue weighted by atomic mass is 10.1. The molecule has 2 nitrogen and oxygen atoms in total. The van der Waals surface area contributed by atoms with Crippen LogP contribution >= 0.6 is 11.6 Å². The second-order valence-corrected chi connectivity index (χ2v) is 4.68. The Kier molecular flexibility index (Phi) is 3.86. The van der Waals surface area contributed by atoms with Crippen molar-refractivity contribution in [2.75, 3.05) is 18.0 Å². The Morgan fingerprint density at radius 1 is 1.29 bits per heavy atom. The van der Waals surface area contributed by atoms with E-state index in [1.807, 2.05) is 6.07 Å². The molecule has 0 radical (unpaired) electrons. The summed E-state index contributed by atoms with van der Waals surface area (Å²) in [5.74, 6) is -0.391. The minimum absolute atomic E-state index is 0.0871. The lowest BCUT2D eigenvalue weighted by Gasteiger charge is -2.30. The number of nitriles is 1. The maximum atomic E-state index is 13.5. The van der Waals surface area contributed by atoms with Crippen molar-refractivity contribution >= 4 is 17.3 Å². The molecule has 1 fully saturated rings. The van der Waals surface area contributed by atoms with Gasteiger partial charge in [0.2, 0.25) is 0 Å². The van der Waals surface area contributed by atoms with Crippen molar-refractivity contribution in [2.24, 2.45) is 0 Å². The zero-order chi connectivity index (χ0) is 12.3. The van der Waals surface area contributed by atoms with E-state index in [2.05, 4.69) is 4.90 Å². The molecule has 1 aromatic carbocycles. The summed E-state index contributed by atoms with van der Waals surface area (Å²) in [6.45, 7) is 1.91. The van der Waals surface area contributed by atoms with Crippen molar-refractivity contribution in [3.05, 3.63) is 28.5 Å². The summed E-state index contributed by atoms with van der Waals surface area (Å²) < 4.78 is 13.5. The summed E-state index contributed by atoms with van der Waals surface area (Å²) in [4.78, 5) is 2.17. The SMILES string of the molecule is N#CCc1cc(N2CCCCC2)c(Cl)cc1F. The summed E-state index contributed by atoms with van der Waals surface area (Å²) in [5.41, 5.74) is 1.29. The maximum Gasteiger partial charge on any atom is 0.129 e. The lowest BCUT2D eigenvalue weighted by molar-refractivity contribution is 0.575. The van der Waals surface area contributed by atoms with Crippen molar-refractivity contribution < 1.29 is 4.39 Å². The van der Waals surface area contributed by atoms with Gasteiger partial charge in [-0.2, -0.15) is 5.26 Å². The summed E-state index contributed by atoms with van der Waals surface area (Å²) in [5, 5.41) is 9.09. The second-order valence-electron chi connectivity index (χ2n) is 4.28. The van der Waals surface area contributed by atoms with Gasteiger partial charge in [-0.1, -0.05) is 11.6 Å².